The maximum Gasteiger partial charge on any atom is 0.249 e. The van der Waals surface area contributed by atoms with Gasteiger partial charge in [0.05, 0.1) is 6.04 Å². The molecule has 1 amide bonds. The lowest BCUT2D eigenvalue weighted by Crippen LogP contribution is -2.35. The van der Waals surface area contributed by atoms with Crippen LogP contribution in [-0.4, -0.2) is 19.1 Å². The molecule has 0 spiro atoms. The van der Waals surface area contributed by atoms with Gasteiger partial charge in [-0.3, -0.25) is 4.79 Å². The normalized spacial score (nSPS) is 14.2. The minimum absolute atomic E-state index is 0.00528. The number of rotatable bonds is 4. The van der Waals surface area contributed by atoms with E-state index >= 15 is 0 Å². The van der Waals surface area contributed by atoms with E-state index in [-0.39, 0.29) is 11.9 Å². The standard InChI is InChI=1S/C13H19NO2/c1-9-5-7-12(8-6-9)10(2)14-13(15)11(3)16-4/h5-8,10-11H,1-4H3,(H,14,15)/t10-,11?/m1/s1. The Morgan fingerprint density at radius 2 is 1.81 bits per heavy atom. The van der Waals surface area contributed by atoms with Gasteiger partial charge in [0, 0.05) is 7.11 Å². The van der Waals surface area contributed by atoms with E-state index in [1.54, 1.807) is 6.92 Å². The third-order valence-electron chi connectivity index (χ3n) is 2.66. The van der Waals surface area contributed by atoms with Gasteiger partial charge in [-0.15, -0.1) is 0 Å². The molecule has 1 rings (SSSR count). The first-order valence-electron chi connectivity index (χ1n) is 5.44. The summed E-state index contributed by atoms with van der Waals surface area (Å²) in [6.07, 6.45) is -0.409. The fourth-order valence-corrected chi connectivity index (χ4v) is 1.38. The molecule has 1 unspecified atom stereocenters. The Morgan fingerprint density at radius 1 is 1.25 bits per heavy atom. The molecule has 2 atom stereocenters. The Balaban J connectivity index is 2.62. The van der Waals surface area contributed by atoms with Gasteiger partial charge in [0.25, 0.3) is 0 Å². The van der Waals surface area contributed by atoms with Crippen molar-refractivity contribution in [3.63, 3.8) is 0 Å². The van der Waals surface area contributed by atoms with Crippen LogP contribution in [0.25, 0.3) is 0 Å². The van der Waals surface area contributed by atoms with Crippen molar-refractivity contribution in [1.82, 2.24) is 5.32 Å². The number of benzene rings is 1. The number of carbonyl (C=O) groups excluding carboxylic acids is 1. The Morgan fingerprint density at radius 3 is 2.31 bits per heavy atom. The second kappa shape index (κ2) is 5.66. The second-order valence-electron chi connectivity index (χ2n) is 4.02. The van der Waals surface area contributed by atoms with Crippen LogP contribution in [0.2, 0.25) is 0 Å². The molecule has 3 nitrogen and oxygen atoms in total. The number of aryl methyl sites for hydroxylation is 1. The molecule has 1 aromatic carbocycles. The van der Waals surface area contributed by atoms with E-state index in [2.05, 4.69) is 5.32 Å². The Labute approximate surface area is 96.8 Å². The molecule has 0 fully saturated rings. The SMILES string of the molecule is COC(C)C(=O)N[C@H](C)c1ccc(C)cc1. The Hall–Kier alpha value is -1.35. The summed E-state index contributed by atoms with van der Waals surface area (Å²) < 4.78 is 4.96. The van der Waals surface area contributed by atoms with Crippen molar-refractivity contribution in [3.8, 4) is 0 Å². The molecule has 0 aromatic heterocycles. The number of hydrogen-bond donors (Lipinski definition) is 1. The highest BCUT2D eigenvalue weighted by atomic mass is 16.5. The zero-order valence-corrected chi connectivity index (χ0v) is 10.3. The minimum atomic E-state index is -0.409. The highest BCUT2D eigenvalue weighted by molar-refractivity contribution is 5.80. The van der Waals surface area contributed by atoms with Crippen LogP contribution in [0, 0.1) is 6.92 Å². The van der Waals surface area contributed by atoms with Crippen molar-refractivity contribution >= 4 is 5.91 Å². The molecule has 0 aliphatic carbocycles. The fraction of sp³-hybridized carbons (Fsp3) is 0.462. The van der Waals surface area contributed by atoms with Gasteiger partial charge in [-0.05, 0) is 26.3 Å². The quantitative estimate of drug-likeness (QED) is 0.846. The van der Waals surface area contributed by atoms with Gasteiger partial charge < -0.3 is 10.1 Å². The van der Waals surface area contributed by atoms with Crippen LogP contribution in [0.3, 0.4) is 0 Å². The molecule has 16 heavy (non-hydrogen) atoms. The lowest BCUT2D eigenvalue weighted by atomic mass is 10.1. The van der Waals surface area contributed by atoms with Crippen molar-refractivity contribution in [3.05, 3.63) is 35.4 Å². The highest BCUT2D eigenvalue weighted by Crippen LogP contribution is 2.13. The molecule has 0 saturated heterocycles. The van der Waals surface area contributed by atoms with Gasteiger partial charge in [-0.25, -0.2) is 0 Å². The van der Waals surface area contributed by atoms with Crippen LogP contribution in [0.4, 0.5) is 0 Å². The molecule has 0 saturated carbocycles. The van der Waals surface area contributed by atoms with E-state index in [0.717, 1.165) is 5.56 Å². The predicted molar refractivity (Wildman–Crippen MR) is 64.2 cm³/mol. The summed E-state index contributed by atoms with van der Waals surface area (Å²) in [7, 11) is 1.53. The van der Waals surface area contributed by atoms with E-state index in [1.807, 2.05) is 38.1 Å². The van der Waals surface area contributed by atoms with Gasteiger partial charge in [0.15, 0.2) is 0 Å². The van der Waals surface area contributed by atoms with Crippen molar-refractivity contribution in [1.29, 1.82) is 0 Å². The molecular formula is C13H19NO2. The van der Waals surface area contributed by atoms with E-state index < -0.39 is 6.10 Å². The summed E-state index contributed by atoms with van der Waals surface area (Å²) >= 11 is 0. The van der Waals surface area contributed by atoms with Crippen LogP contribution in [0.1, 0.15) is 31.0 Å². The number of methoxy groups -OCH3 is 1. The number of ether oxygens (including phenoxy) is 1. The third kappa shape index (κ3) is 3.35. The van der Waals surface area contributed by atoms with Crippen LogP contribution in [-0.2, 0) is 9.53 Å². The molecule has 1 aromatic rings. The maximum absolute atomic E-state index is 11.6. The smallest absolute Gasteiger partial charge is 0.249 e. The average Bonchev–Trinajstić information content (AvgIpc) is 2.28. The topological polar surface area (TPSA) is 38.3 Å². The largest absolute Gasteiger partial charge is 0.372 e. The van der Waals surface area contributed by atoms with Crippen LogP contribution < -0.4 is 5.32 Å². The summed E-state index contributed by atoms with van der Waals surface area (Å²) in [6, 6.07) is 8.14. The second-order valence-corrected chi connectivity index (χ2v) is 4.02. The predicted octanol–water partition coefficient (Wildman–Crippen LogP) is 2.21. The van der Waals surface area contributed by atoms with E-state index in [1.165, 1.54) is 12.7 Å². The zero-order valence-electron chi connectivity index (χ0n) is 10.3. The third-order valence-corrected chi connectivity index (χ3v) is 2.66. The maximum atomic E-state index is 11.6. The van der Waals surface area contributed by atoms with Gasteiger partial charge in [-0.1, -0.05) is 29.8 Å². The molecule has 3 heteroatoms. The lowest BCUT2D eigenvalue weighted by Gasteiger charge is -2.17. The average molecular weight is 221 g/mol. The molecule has 0 heterocycles. The number of nitrogens with one attached hydrogen (secondary N) is 1. The summed E-state index contributed by atoms with van der Waals surface area (Å²) in [4.78, 5) is 11.6. The van der Waals surface area contributed by atoms with Gasteiger partial charge in [-0.2, -0.15) is 0 Å². The molecule has 0 radical (unpaired) electrons. The molecule has 0 bridgehead atoms. The van der Waals surface area contributed by atoms with Gasteiger partial charge >= 0.3 is 0 Å². The zero-order chi connectivity index (χ0) is 12.1. The van der Waals surface area contributed by atoms with Gasteiger partial charge in [0.1, 0.15) is 6.10 Å². The van der Waals surface area contributed by atoms with Crippen LogP contribution >= 0.6 is 0 Å². The van der Waals surface area contributed by atoms with Crippen LogP contribution in [0.5, 0.6) is 0 Å². The summed E-state index contributed by atoms with van der Waals surface area (Å²) in [6.45, 7) is 5.74. The van der Waals surface area contributed by atoms with E-state index in [0.29, 0.717) is 0 Å². The first-order valence-corrected chi connectivity index (χ1v) is 5.44. The summed E-state index contributed by atoms with van der Waals surface area (Å²) in [5.41, 5.74) is 2.31. The molecular weight excluding hydrogens is 202 g/mol. The van der Waals surface area contributed by atoms with Gasteiger partial charge in [0.2, 0.25) is 5.91 Å². The Bertz CT molecular complexity index is 345. The monoisotopic (exact) mass is 221 g/mol. The van der Waals surface area contributed by atoms with E-state index in [9.17, 15) is 4.79 Å². The Kier molecular flexibility index (Phi) is 4.50. The minimum Gasteiger partial charge on any atom is -0.372 e. The van der Waals surface area contributed by atoms with Crippen molar-refractivity contribution in [2.24, 2.45) is 0 Å². The highest BCUT2D eigenvalue weighted by Gasteiger charge is 2.14. The number of hydrogen-bond acceptors (Lipinski definition) is 2. The van der Waals surface area contributed by atoms with Crippen molar-refractivity contribution in [2.45, 2.75) is 32.9 Å². The first-order chi connectivity index (χ1) is 7.54. The number of carbonyl (C=O) groups is 1. The molecule has 0 aliphatic rings. The van der Waals surface area contributed by atoms with Crippen molar-refractivity contribution < 1.29 is 9.53 Å². The summed E-state index contributed by atoms with van der Waals surface area (Å²) in [5, 5.41) is 2.90. The fourth-order valence-electron chi connectivity index (χ4n) is 1.38. The number of amides is 1. The molecule has 1 N–H and O–H groups in total. The molecule has 0 aliphatic heterocycles. The lowest BCUT2D eigenvalue weighted by molar-refractivity contribution is -0.130. The van der Waals surface area contributed by atoms with E-state index in [4.69, 9.17) is 4.74 Å². The first kappa shape index (κ1) is 12.7. The van der Waals surface area contributed by atoms with Crippen LogP contribution in [0.15, 0.2) is 24.3 Å². The van der Waals surface area contributed by atoms with Crippen molar-refractivity contribution in [2.75, 3.05) is 7.11 Å². The molecule has 88 valence electrons. The summed E-state index contributed by atoms with van der Waals surface area (Å²) in [5.74, 6) is -0.0874.